The summed E-state index contributed by atoms with van der Waals surface area (Å²) in [5, 5.41) is 2.38. The van der Waals surface area contributed by atoms with Gasteiger partial charge in [-0.2, -0.15) is 4.99 Å². The molecule has 134 valence electrons. The van der Waals surface area contributed by atoms with Gasteiger partial charge in [-0.1, -0.05) is 54.9 Å². The van der Waals surface area contributed by atoms with Crippen molar-refractivity contribution < 1.29 is 0 Å². The van der Waals surface area contributed by atoms with Crippen LogP contribution in [0.1, 0.15) is 36.5 Å². The first kappa shape index (κ1) is 19.3. The van der Waals surface area contributed by atoms with Gasteiger partial charge < -0.3 is 0 Å². The third kappa shape index (κ3) is 5.54. The first-order valence-electron chi connectivity index (χ1n) is 9.18. The quantitative estimate of drug-likeness (QED) is 0.283. The van der Waals surface area contributed by atoms with E-state index >= 15 is 0 Å². The molecule has 0 aliphatic carbocycles. The summed E-state index contributed by atoms with van der Waals surface area (Å²) in [6.07, 6.45) is 2.02. The normalized spacial score (nSPS) is 9.32. The standard InChI is InChI=1S/C26H19NS/c1-2-3-4-5-21-6-8-22(9-7-21)10-11-23-12-14-24(15-13-23)25-16-18-26(19-17-25)27-20-28/h6-9,12-19H,2-3H2,1H3. The third-order valence-corrected chi connectivity index (χ3v) is 4.20. The minimum atomic E-state index is 0.809. The number of benzene rings is 3. The molecular formula is C26H19NS. The Bertz CT molecular complexity index is 1090. The molecular weight excluding hydrogens is 358 g/mol. The Morgan fingerprint density at radius 3 is 1.64 bits per heavy atom. The van der Waals surface area contributed by atoms with Gasteiger partial charge >= 0.3 is 0 Å². The Labute approximate surface area is 172 Å². The van der Waals surface area contributed by atoms with Crippen molar-refractivity contribution in [3.8, 4) is 34.8 Å². The van der Waals surface area contributed by atoms with E-state index in [-0.39, 0.29) is 0 Å². The second kappa shape index (κ2) is 10.1. The lowest BCUT2D eigenvalue weighted by Gasteiger charge is -2.02. The lowest BCUT2D eigenvalue weighted by Crippen LogP contribution is -1.80. The van der Waals surface area contributed by atoms with E-state index in [4.69, 9.17) is 0 Å². The molecule has 0 radical (unpaired) electrons. The monoisotopic (exact) mass is 377 g/mol. The Balaban J connectivity index is 1.69. The van der Waals surface area contributed by atoms with Gasteiger partial charge in [-0.3, -0.25) is 0 Å². The molecule has 0 amide bonds. The molecule has 3 aromatic rings. The lowest BCUT2D eigenvalue weighted by atomic mass is 10.0. The van der Waals surface area contributed by atoms with Crippen LogP contribution < -0.4 is 0 Å². The molecule has 1 nitrogen and oxygen atoms in total. The van der Waals surface area contributed by atoms with E-state index in [0.717, 1.165) is 46.3 Å². The van der Waals surface area contributed by atoms with E-state index in [2.05, 4.69) is 65.1 Å². The molecule has 28 heavy (non-hydrogen) atoms. The highest BCUT2D eigenvalue weighted by atomic mass is 32.1. The Morgan fingerprint density at radius 2 is 1.14 bits per heavy atom. The summed E-state index contributed by atoms with van der Waals surface area (Å²) < 4.78 is 0. The van der Waals surface area contributed by atoms with Crippen molar-refractivity contribution >= 4 is 23.1 Å². The minimum absolute atomic E-state index is 0.809. The molecule has 0 N–H and O–H groups in total. The summed E-state index contributed by atoms with van der Waals surface area (Å²) in [5.41, 5.74) is 6.08. The topological polar surface area (TPSA) is 12.4 Å². The number of thiocarbonyl (C=S) groups is 1. The highest BCUT2D eigenvalue weighted by molar-refractivity contribution is 7.78. The molecule has 0 fully saturated rings. The molecule has 0 saturated heterocycles. The highest BCUT2D eigenvalue weighted by Crippen LogP contribution is 2.22. The van der Waals surface area contributed by atoms with Gasteiger partial charge in [-0.15, -0.1) is 0 Å². The molecule has 0 bridgehead atoms. The Hall–Kier alpha value is -3.42. The molecule has 0 heterocycles. The van der Waals surface area contributed by atoms with Crippen molar-refractivity contribution in [3.05, 3.63) is 89.5 Å². The van der Waals surface area contributed by atoms with Crippen LogP contribution in [0.15, 0.2) is 77.8 Å². The number of hydrogen-bond acceptors (Lipinski definition) is 2. The van der Waals surface area contributed by atoms with Gasteiger partial charge in [0.05, 0.1) is 10.8 Å². The van der Waals surface area contributed by atoms with E-state index in [1.54, 1.807) is 0 Å². The lowest BCUT2D eigenvalue weighted by molar-refractivity contribution is 0.983. The number of isothiocyanates is 1. The van der Waals surface area contributed by atoms with Crippen LogP contribution in [0.2, 0.25) is 0 Å². The van der Waals surface area contributed by atoms with Crippen LogP contribution in [0.5, 0.6) is 0 Å². The molecule has 0 unspecified atom stereocenters. The zero-order chi connectivity index (χ0) is 19.6. The Kier molecular flexibility index (Phi) is 6.95. The largest absolute Gasteiger partial charge is 0.195 e. The van der Waals surface area contributed by atoms with Crippen LogP contribution >= 0.6 is 12.2 Å². The average Bonchev–Trinajstić information content (AvgIpc) is 2.75. The number of hydrogen-bond donors (Lipinski definition) is 0. The first-order valence-corrected chi connectivity index (χ1v) is 9.58. The zero-order valence-electron chi connectivity index (χ0n) is 15.7. The van der Waals surface area contributed by atoms with Crippen LogP contribution in [-0.2, 0) is 0 Å². The molecule has 0 saturated carbocycles. The summed E-state index contributed by atoms with van der Waals surface area (Å²) in [7, 11) is 0. The molecule has 3 aromatic carbocycles. The molecule has 2 heteroatoms. The van der Waals surface area contributed by atoms with Crippen molar-refractivity contribution in [1.82, 2.24) is 0 Å². The number of rotatable bonds is 3. The predicted octanol–water partition coefficient (Wildman–Crippen LogP) is 6.64. The fourth-order valence-corrected chi connectivity index (χ4v) is 2.70. The van der Waals surface area contributed by atoms with Crippen LogP contribution in [0, 0.1) is 23.7 Å². The van der Waals surface area contributed by atoms with Crippen LogP contribution in [0.25, 0.3) is 11.1 Å². The first-order chi connectivity index (χ1) is 13.8. The fourth-order valence-electron chi connectivity index (χ4n) is 2.60. The van der Waals surface area contributed by atoms with Gasteiger partial charge in [0.2, 0.25) is 0 Å². The van der Waals surface area contributed by atoms with E-state index < -0.39 is 0 Å². The summed E-state index contributed by atoms with van der Waals surface area (Å²) >= 11 is 4.63. The van der Waals surface area contributed by atoms with Gasteiger partial charge in [0.25, 0.3) is 0 Å². The van der Waals surface area contributed by atoms with E-state index in [9.17, 15) is 0 Å². The van der Waals surface area contributed by atoms with Crippen LogP contribution in [0.3, 0.4) is 0 Å². The second-order valence-corrected chi connectivity index (χ2v) is 6.39. The molecule has 0 aliphatic rings. The van der Waals surface area contributed by atoms with Gasteiger partial charge in [0.15, 0.2) is 0 Å². The van der Waals surface area contributed by atoms with Crippen LogP contribution in [0.4, 0.5) is 5.69 Å². The summed E-state index contributed by atoms with van der Waals surface area (Å²) in [6, 6.07) is 24.2. The van der Waals surface area contributed by atoms with E-state index in [1.165, 1.54) is 0 Å². The summed E-state index contributed by atoms with van der Waals surface area (Å²) in [5.74, 6) is 12.7. The maximum atomic E-state index is 4.63. The number of nitrogens with zero attached hydrogens (tertiary/aromatic N) is 1. The van der Waals surface area contributed by atoms with Gasteiger partial charge in [-0.05, 0) is 78.3 Å². The van der Waals surface area contributed by atoms with Crippen molar-refractivity contribution in [2.24, 2.45) is 4.99 Å². The summed E-state index contributed by atoms with van der Waals surface area (Å²) in [4.78, 5) is 3.97. The predicted molar refractivity (Wildman–Crippen MR) is 121 cm³/mol. The number of aliphatic imine (C=N–C) groups is 1. The molecule has 3 rings (SSSR count). The molecule has 0 aromatic heterocycles. The Morgan fingerprint density at radius 1 is 0.679 bits per heavy atom. The maximum absolute atomic E-state index is 4.63. The van der Waals surface area contributed by atoms with E-state index in [0.29, 0.717) is 0 Å². The average molecular weight is 378 g/mol. The van der Waals surface area contributed by atoms with Crippen molar-refractivity contribution in [3.63, 3.8) is 0 Å². The van der Waals surface area contributed by atoms with E-state index in [1.807, 2.05) is 60.7 Å². The fraction of sp³-hybridized carbons (Fsp3) is 0.115. The highest BCUT2D eigenvalue weighted by Gasteiger charge is 1.98. The molecule has 0 spiro atoms. The number of unbranched alkanes of at least 4 members (excludes halogenated alkanes) is 1. The van der Waals surface area contributed by atoms with Gasteiger partial charge in [-0.25, -0.2) is 0 Å². The van der Waals surface area contributed by atoms with Gasteiger partial charge in [0, 0.05) is 23.1 Å². The maximum Gasteiger partial charge on any atom is 0.0739 e. The molecule has 0 aliphatic heterocycles. The molecule has 0 atom stereocenters. The smallest absolute Gasteiger partial charge is 0.0739 e. The SMILES string of the molecule is CCCC#Cc1ccc(C#Cc2ccc(-c3ccc(N=C=S)cc3)cc2)cc1. The van der Waals surface area contributed by atoms with Crippen LogP contribution in [-0.4, -0.2) is 5.16 Å². The third-order valence-electron chi connectivity index (χ3n) is 4.10. The summed E-state index contributed by atoms with van der Waals surface area (Å²) in [6.45, 7) is 2.13. The van der Waals surface area contributed by atoms with Crippen molar-refractivity contribution in [2.45, 2.75) is 19.8 Å². The zero-order valence-corrected chi connectivity index (χ0v) is 16.5. The second-order valence-electron chi connectivity index (χ2n) is 6.21. The minimum Gasteiger partial charge on any atom is -0.195 e. The van der Waals surface area contributed by atoms with Crippen molar-refractivity contribution in [1.29, 1.82) is 0 Å². The van der Waals surface area contributed by atoms with Gasteiger partial charge in [0.1, 0.15) is 0 Å². The van der Waals surface area contributed by atoms with Crippen molar-refractivity contribution in [2.75, 3.05) is 0 Å².